The molecule has 0 spiro atoms. The summed E-state index contributed by atoms with van der Waals surface area (Å²) in [4.78, 5) is 10.3. The molecule has 5 nitrogen and oxygen atoms in total. The molecule has 19 heavy (non-hydrogen) atoms. The predicted octanol–water partition coefficient (Wildman–Crippen LogP) is 1.48. The van der Waals surface area contributed by atoms with E-state index in [0.29, 0.717) is 6.07 Å². The minimum absolute atomic E-state index is 0.161. The van der Waals surface area contributed by atoms with Crippen LogP contribution in [0.3, 0.4) is 0 Å². The van der Waals surface area contributed by atoms with Crippen molar-refractivity contribution in [3.8, 4) is 11.8 Å². The average molecular weight is 306 g/mol. The fourth-order valence-corrected chi connectivity index (χ4v) is 2.33. The minimum atomic E-state index is -4.04. The maximum Gasteiger partial charge on any atom is 0.337 e. The summed E-state index contributed by atoms with van der Waals surface area (Å²) in [5.41, 5.74) is -0.622. The normalized spacial score (nSPS) is 10.7. The Morgan fingerprint density at radius 3 is 2.68 bits per heavy atom. The number of halogens is 2. The lowest BCUT2D eigenvalue weighted by atomic mass is 10.2. The molecule has 0 atom stereocenters. The zero-order valence-electron chi connectivity index (χ0n) is 9.70. The highest BCUT2D eigenvalue weighted by atomic mass is 35.5. The highest BCUT2D eigenvalue weighted by Crippen LogP contribution is 2.24. The Kier molecular flexibility index (Phi) is 4.89. The highest BCUT2D eigenvalue weighted by Gasteiger charge is 2.21. The summed E-state index contributed by atoms with van der Waals surface area (Å²) in [6.07, 6.45) is 0. The zero-order chi connectivity index (χ0) is 14.6. The standard InChI is InChI=1S/C11H9ClFNO4S/c1-2-3-4-14-19(17,18)7-5-8(11(15)16)10(12)9(13)6-7/h5-6,14H,4H2,1H3,(H,15,16). The molecule has 1 aromatic rings. The Labute approximate surface area is 114 Å². The zero-order valence-corrected chi connectivity index (χ0v) is 11.3. The van der Waals surface area contributed by atoms with Crippen molar-refractivity contribution in [3.05, 3.63) is 28.5 Å². The maximum atomic E-state index is 13.4. The van der Waals surface area contributed by atoms with Gasteiger partial charge >= 0.3 is 5.97 Å². The van der Waals surface area contributed by atoms with Crippen LogP contribution < -0.4 is 4.72 Å². The molecule has 0 heterocycles. The molecule has 1 rings (SSSR count). The van der Waals surface area contributed by atoms with Crippen molar-refractivity contribution in [1.29, 1.82) is 0 Å². The van der Waals surface area contributed by atoms with Gasteiger partial charge in [-0.25, -0.2) is 17.6 Å². The third-order valence-electron chi connectivity index (χ3n) is 2.07. The van der Waals surface area contributed by atoms with Gasteiger partial charge in [0.25, 0.3) is 0 Å². The number of hydrogen-bond donors (Lipinski definition) is 2. The Morgan fingerprint density at radius 1 is 1.53 bits per heavy atom. The predicted molar refractivity (Wildman–Crippen MR) is 67.0 cm³/mol. The minimum Gasteiger partial charge on any atom is -0.478 e. The van der Waals surface area contributed by atoms with E-state index in [1.54, 1.807) is 0 Å². The molecular formula is C11H9ClFNO4S. The van der Waals surface area contributed by atoms with Crippen LogP contribution in [0.1, 0.15) is 17.3 Å². The second kappa shape index (κ2) is 6.02. The van der Waals surface area contributed by atoms with Crippen molar-refractivity contribution in [3.63, 3.8) is 0 Å². The van der Waals surface area contributed by atoms with Crippen LogP contribution in [0.4, 0.5) is 4.39 Å². The van der Waals surface area contributed by atoms with Gasteiger partial charge in [-0.1, -0.05) is 17.5 Å². The number of carboxylic acid groups (broad SMARTS) is 1. The van der Waals surface area contributed by atoms with Gasteiger partial charge in [-0.3, -0.25) is 0 Å². The lowest BCUT2D eigenvalue weighted by Gasteiger charge is -2.07. The van der Waals surface area contributed by atoms with Gasteiger partial charge in [0.2, 0.25) is 10.0 Å². The first-order valence-corrected chi connectivity index (χ1v) is 6.77. The first-order chi connectivity index (χ1) is 8.79. The van der Waals surface area contributed by atoms with E-state index in [-0.39, 0.29) is 6.54 Å². The van der Waals surface area contributed by atoms with Crippen LogP contribution in [0.25, 0.3) is 0 Å². The molecule has 0 radical (unpaired) electrons. The van der Waals surface area contributed by atoms with E-state index in [2.05, 4.69) is 16.6 Å². The molecule has 0 saturated heterocycles. The van der Waals surface area contributed by atoms with E-state index < -0.39 is 37.3 Å². The number of benzene rings is 1. The summed E-state index contributed by atoms with van der Waals surface area (Å²) in [5, 5.41) is 8.17. The lowest BCUT2D eigenvalue weighted by Crippen LogP contribution is -2.24. The first kappa shape index (κ1) is 15.4. The molecule has 0 bridgehead atoms. The van der Waals surface area contributed by atoms with Gasteiger partial charge in [-0.15, -0.1) is 5.92 Å². The van der Waals surface area contributed by atoms with Crippen LogP contribution in [0.2, 0.25) is 5.02 Å². The van der Waals surface area contributed by atoms with Crippen molar-refractivity contribution in [2.45, 2.75) is 11.8 Å². The number of rotatable bonds is 4. The van der Waals surface area contributed by atoms with Gasteiger partial charge in [-0.2, -0.15) is 4.72 Å². The van der Waals surface area contributed by atoms with Gasteiger partial charge in [-0.05, 0) is 19.1 Å². The van der Waals surface area contributed by atoms with E-state index in [0.717, 1.165) is 6.07 Å². The molecule has 0 aliphatic heterocycles. The quantitative estimate of drug-likeness (QED) is 0.825. The van der Waals surface area contributed by atoms with Crippen molar-refractivity contribution < 1.29 is 22.7 Å². The van der Waals surface area contributed by atoms with Crippen LogP contribution in [0, 0.1) is 17.7 Å². The molecule has 0 aromatic heterocycles. The van der Waals surface area contributed by atoms with Crippen LogP contribution in [-0.2, 0) is 10.0 Å². The van der Waals surface area contributed by atoms with E-state index in [4.69, 9.17) is 16.7 Å². The summed E-state index contributed by atoms with van der Waals surface area (Å²) in [6, 6.07) is 1.44. The SMILES string of the molecule is CC#CCNS(=O)(=O)c1cc(F)c(Cl)c(C(=O)O)c1. The molecule has 0 unspecified atom stereocenters. The largest absolute Gasteiger partial charge is 0.478 e. The van der Waals surface area contributed by atoms with E-state index >= 15 is 0 Å². The number of sulfonamides is 1. The van der Waals surface area contributed by atoms with Crippen LogP contribution in [0.5, 0.6) is 0 Å². The maximum absolute atomic E-state index is 13.4. The molecule has 2 N–H and O–H groups in total. The van der Waals surface area contributed by atoms with Crippen molar-refractivity contribution >= 4 is 27.6 Å². The molecule has 8 heteroatoms. The smallest absolute Gasteiger partial charge is 0.337 e. The summed E-state index contributed by atoms with van der Waals surface area (Å²) in [6.45, 7) is 1.37. The Balaban J connectivity index is 3.27. The van der Waals surface area contributed by atoms with Crippen LogP contribution >= 0.6 is 11.6 Å². The summed E-state index contributed by atoms with van der Waals surface area (Å²) < 4.78 is 39.0. The molecule has 0 saturated carbocycles. The molecular weight excluding hydrogens is 297 g/mol. The summed E-state index contributed by atoms with van der Waals surface area (Å²) in [5.74, 6) is 2.30. The second-order valence-electron chi connectivity index (χ2n) is 3.32. The van der Waals surface area contributed by atoms with Gasteiger partial charge in [0.1, 0.15) is 5.82 Å². The second-order valence-corrected chi connectivity index (χ2v) is 5.47. The van der Waals surface area contributed by atoms with E-state index in [1.165, 1.54) is 6.92 Å². The molecule has 0 fully saturated rings. The van der Waals surface area contributed by atoms with Crippen molar-refractivity contribution in [2.75, 3.05) is 6.54 Å². The van der Waals surface area contributed by atoms with Crippen molar-refractivity contribution in [2.24, 2.45) is 0 Å². The third kappa shape index (κ3) is 3.67. The Hall–Kier alpha value is -1.62. The number of hydrogen-bond acceptors (Lipinski definition) is 3. The van der Waals surface area contributed by atoms with Crippen LogP contribution in [0.15, 0.2) is 17.0 Å². The van der Waals surface area contributed by atoms with Gasteiger partial charge in [0.15, 0.2) is 0 Å². The fourth-order valence-electron chi connectivity index (χ4n) is 1.18. The van der Waals surface area contributed by atoms with Gasteiger partial charge in [0.05, 0.1) is 22.0 Å². The summed E-state index contributed by atoms with van der Waals surface area (Å²) >= 11 is 5.44. The monoisotopic (exact) mass is 305 g/mol. The Bertz CT molecular complexity index is 676. The number of carbonyl (C=O) groups is 1. The van der Waals surface area contributed by atoms with Crippen molar-refractivity contribution in [1.82, 2.24) is 4.72 Å². The molecule has 0 aliphatic rings. The highest BCUT2D eigenvalue weighted by molar-refractivity contribution is 7.89. The topological polar surface area (TPSA) is 83.5 Å². The number of aromatic carboxylic acids is 1. The lowest BCUT2D eigenvalue weighted by molar-refractivity contribution is 0.0696. The average Bonchev–Trinajstić information content (AvgIpc) is 2.32. The van der Waals surface area contributed by atoms with Gasteiger partial charge < -0.3 is 5.11 Å². The third-order valence-corrected chi connectivity index (χ3v) is 3.83. The van der Waals surface area contributed by atoms with E-state index in [1.807, 2.05) is 0 Å². The number of nitrogens with one attached hydrogen (secondary N) is 1. The van der Waals surface area contributed by atoms with E-state index in [9.17, 15) is 17.6 Å². The van der Waals surface area contributed by atoms with Crippen LogP contribution in [-0.4, -0.2) is 26.0 Å². The Morgan fingerprint density at radius 2 is 2.16 bits per heavy atom. The fraction of sp³-hybridized carbons (Fsp3) is 0.182. The molecule has 0 aliphatic carbocycles. The van der Waals surface area contributed by atoms with Gasteiger partial charge in [0, 0.05) is 0 Å². The number of carboxylic acids is 1. The molecule has 102 valence electrons. The first-order valence-electron chi connectivity index (χ1n) is 4.91. The molecule has 1 aromatic carbocycles. The summed E-state index contributed by atoms with van der Waals surface area (Å²) in [7, 11) is -4.04. The molecule has 0 amide bonds.